The van der Waals surface area contributed by atoms with Crippen molar-refractivity contribution < 1.29 is 28.6 Å². The quantitative estimate of drug-likeness (QED) is 0.594. The SMILES string of the molecule is CCOc1ccccc1NC(=O)COC(=O)CCNC(=O)c1ccccc1OC. The molecule has 8 heteroatoms. The monoisotopic (exact) mass is 400 g/mol. The molecule has 0 saturated carbocycles. The average Bonchev–Trinajstić information content (AvgIpc) is 2.73. The van der Waals surface area contributed by atoms with Crippen LogP contribution in [-0.2, 0) is 14.3 Å². The molecule has 2 amide bonds. The highest BCUT2D eigenvalue weighted by Gasteiger charge is 2.13. The van der Waals surface area contributed by atoms with Gasteiger partial charge in [-0.3, -0.25) is 14.4 Å². The van der Waals surface area contributed by atoms with Gasteiger partial charge in [0.15, 0.2) is 6.61 Å². The molecule has 2 rings (SSSR count). The van der Waals surface area contributed by atoms with E-state index >= 15 is 0 Å². The summed E-state index contributed by atoms with van der Waals surface area (Å²) in [4.78, 5) is 35.9. The van der Waals surface area contributed by atoms with Gasteiger partial charge in [-0.05, 0) is 31.2 Å². The number of hydrogen-bond acceptors (Lipinski definition) is 6. The number of methoxy groups -OCH3 is 1. The Labute approximate surface area is 169 Å². The fourth-order valence-corrected chi connectivity index (χ4v) is 2.46. The van der Waals surface area contributed by atoms with Crippen LogP contribution in [0.4, 0.5) is 5.69 Å². The maximum absolute atomic E-state index is 12.1. The van der Waals surface area contributed by atoms with Gasteiger partial charge in [-0.25, -0.2) is 0 Å². The van der Waals surface area contributed by atoms with Gasteiger partial charge in [0.25, 0.3) is 11.8 Å². The second kappa shape index (κ2) is 11.3. The van der Waals surface area contributed by atoms with Crippen molar-refractivity contribution in [2.45, 2.75) is 13.3 Å². The molecule has 0 aliphatic heterocycles. The predicted octanol–water partition coefficient (Wildman–Crippen LogP) is 2.40. The Balaban J connectivity index is 1.73. The fourth-order valence-electron chi connectivity index (χ4n) is 2.46. The third-order valence-corrected chi connectivity index (χ3v) is 3.79. The number of hydrogen-bond donors (Lipinski definition) is 2. The Kier molecular flexibility index (Phi) is 8.50. The minimum atomic E-state index is -0.599. The molecule has 0 aliphatic carbocycles. The number of benzene rings is 2. The van der Waals surface area contributed by atoms with Gasteiger partial charge < -0.3 is 24.8 Å². The Hall–Kier alpha value is -3.55. The van der Waals surface area contributed by atoms with Crippen molar-refractivity contribution in [1.82, 2.24) is 5.32 Å². The molecule has 0 saturated heterocycles. The van der Waals surface area contributed by atoms with E-state index in [1.807, 2.05) is 6.92 Å². The molecule has 0 bridgehead atoms. The topological polar surface area (TPSA) is 103 Å². The van der Waals surface area contributed by atoms with Gasteiger partial charge in [0, 0.05) is 6.54 Å². The maximum atomic E-state index is 12.1. The van der Waals surface area contributed by atoms with Crippen LogP contribution in [-0.4, -0.2) is 44.7 Å². The van der Waals surface area contributed by atoms with E-state index in [0.717, 1.165) is 0 Å². The van der Waals surface area contributed by atoms with Gasteiger partial charge in [0.1, 0.15) is 11.5 Å². The van der Waals surface area contributed by atoms with Crippen LogP contribution in [0.3, 0.4) is 0 Å². The van der Waals surface area contributed by atoms with Crippen molar-refractivity contribution in [2.75, 3.05) is 32.2 Å². The van der Waals surface area contributed by atoms with E-state index in [0.29, 0.717) is 29.4 Å². The zero-order chi connectivity index (χ0) is 21.1. The molecule has 154 valence electrons. The zero-order valence-corrected chi connectivity index (χ0v) is 16.4. The van der Waals surface area contributed by atoms with E-state index in [1.54, 1.807) is 48.5 Å². The molecule has 0 aliphatic rings. The lowest BCUT2D eigenvalue weighted by molar-refractivity contribution is -0.147. The Morgan fingerprint density at radius 2 is 1.66 bits per heavy atom. The van der Waals surface area contributed by atoms with Crippen LogP contribution in [0.2, 0.25) is 0 Å². The summed E-state index contributed by atoms with van der Waals surface area (Å²) >= 11 is 0. The summed E-state index contributed by atoms with van der Waals surface area (Å²) in [5, 5.41) is 5.25. The largest absolute Gasteiger partial charge is 0.496 e. The summed E-state index contributed by atoms with van der Waals surface area (Å²) in [5.41, 5.74) is 0.871. The number of carbonyl (C=O) groups excluding carboxylic acids is 3. The lowest BCUT2D eigenvalue weighted by Crippen LogP contribution is -2.28. The molecule has 0 radical (unpaired) electrons. The molecule has 0 unspecified atom stereocenters. The van der Waals surface area contributed by atoms with Gasteiger partial charge in [-0.15, -0.1) is 0 Å². The number of amides is 2. The van der Waals surface area contributed by atoms with Gasteiger partial charge in [0.2, 0.25) is 0 Å². The van der Waals surface area contributed by atoms with Crippen LogP contribution >= 0.6 is 0 Å². The summed E-state index contributed by atoms with van der Waals surface area (Å²) in [7, 11) is 1.47. The highest BCUT2D eigenvalue weighted by molar-refractivity contribution is 5.97. The van der Waals surface area contributed by atoms with E-state index in [1.165, 1.54) is 7.11 Å². The summed E-state index contributed by atoms with van der Waals surface area (Å²) in [6.07, 6.45) is -0.0658. The zero-order valence-electron chi connectivity index (χ0n) is 16.4. The molecule has 8 nitrogen and oxygen atoms in total. The number of anilines is 1. The van der Waals surface area contributed by atoms with Crippen LogP contribution in [0.15, 0.2) is 48.5 Å². The molecule has 0 fully saturated rings. The minimum Gasteiger partial charge on any atom is -0.496 e. The fraction of sp³-hybridized carbons (Fsp3) is 0.286. The van der Waals surface area contributed by atoms with E-state index in [2.05, 4.69) is 10.6 Å². The third-order valence-electron chi connectivity index (χ3n) is 3.79. The molecule has 2 N–H and O–H groups in total. The minimum absolute atomic E-state index is 0.0658. The van der Waals surface area contributed by atoms with Crippen molar-refractivity contribution in [3.63, 3.8) is 0 Å². The van der Waals surface area contributed by atoms with E-state index in [4.69, 9.17) is 14.2 Å². The Morgan fingerprint density at radius 3 is 2.38 bits per heavy atom. The van der Waals surface area contributed by atoms with Crippen LogP contribution in [0.1, 0.15) is 23.7 Å². The number of carbonyl (C=O) groups is 3. The van der Waals surface area contributed by atoms with Crippen molar-refractivity contribution in [3.05, 3.63) is 54.1 Å². The lowest BCUT2D eigenvalue weighted by Gasteiger charge is -2.11. The third kappa shape index (κ3) is 6.84. The van der Waals surface area contributed by atoms with Gasteiger partial charge in [-0.2, -0.15) is 0 Å². The number of nitrogens with one attached hydrogen (secondary N) is 2. The standard InChI is InChI=1S/C21H24N2O6/c1-3-28-18-11-7-5-9-16(18)23-19(24)14-29-20(25)12-13-22-21(26)15-8-4-6-10-17(15)27-2/h4-11H,3,12-14H2,1-2H3,(H,22,26)(H,23,24). The van der Waals surface area contributed by atoms with Gasteiger partial charge in [0.05, 0.1) is 31.4 Å². The van der Waals surface area contributed by atoms with Crippen molar-refractivity contribution in [2.24, 2.45) is 0 Å². The Morgan fingerprint density at radius 1 is 0.966 bits per heavy atom. The predicted molar refractivity (Wildman–Crippen MR) is 107 cm³/mol. The summed E-state index contributed by atoms with van der Waals surface area (Å²) in [5.74, 6) is -0.465. The molecule has 2 aromatic rings. The van der Waals surface area contributed by atoms with Crippen LogP contribution in [0.25, 0.3) is 0 Å². The smallest absolute Gasteiger partial charge is 0.308 e. The van der Waals surface area contributed by atoms with Crippen molar-refractivity contribution in [1.29, 1.82) is 0 Å². The van der Waals surface area contributed by atoms with Gasteiger partial charge >= 0.3 is 5.97 Å². The summed E-state index contributed by atoms with van der Waals surface area (Å²) < 4.78 is 15.5. The van der Waals surface area contributed by atoms with Crippen molar-refractivity contribution >= 4 is 23.5 Å². The van der Waals surface area contributed by atoms with Crippen molar-refractivity contribution in [3.8, 4) is 11.5 Å². The normalized spacial score (nSPS) is 10.0. The van der Waals surface area contributed by atoms with Crippen LogP contribution in [0, 0.1) is 0 Å². The number of para-hydroxylation sites is 3. The lowest BCUT2D eigenvalue weighted by atomic mass is 10.2. The molecular formula is C21H24N2O6. The highest BCUT2D eigenvalue weighted by atomic mass is 16.5. The first-order chi connectivity index (χ1) is 14.0. The average molecular weight is 400 g/mol. The summed E-state index contributed by atoms with van der Waals surface area (Å²) in [6, 6.07) is 13.7. The number of rotatable bonds is 10. The number of esters is 1. The van der Waals surface area contributed by atoms with E-state index in [-0.39, 0.29) is 18.9 Å². The molecule has 0 aromatic heterocycles. The van der Waals surface area contributed by atoms with E-state index in [9.17, 15) is 14.4 Å². The molecule has 29 heavy (non-hydrogen) atoms. The first kappa shape index (κ1) is 21.7. The second-order valence-electron chi connectivity index (χ2n) is 5.84. The van der Waals surface area contributed by atoms with E-state index < -0.39 is 18.5 Å². The number of ether oxygens (including phenoxy) is 3. The molecule has 2 aromatic carbocycles. The molecule has 0 heterocycles. The summed E-state index contributed by atoms with van der Waals surface area (Å²) in [6.45, 7) is 1.94. The Bertz CT molecular complexity index is 853. The van der Waals surface area contributed by atoms with Gasteiger partial charge in [-0.1, -0.05) is 24.3 Å². The van der Waals surface area contributed by atoms with Crippen LogP contribution in [0.5, 0.6) is 11.5 Å². The second-order valence-corrected chi connectivity index (χ2v) is 5.84. The maximum Gasteiger partial charge on any atom is 0.308 e. The van der Waals surface area contributed by atoms with Crippen LogP contribution < -0.4 is 20.1 Å². The highest BCUT2D eigenvalue weighted by Crippen LogP contribution is 2.23. The molecular weight excluding hydrogens is 376 g/mol. The molecule has 0 atom stereocenters. The molecule has 0 spiro atoms. The first-order valence-electron chi connectivity index (χ1n) is 9.13. The first-order valence-corrected chi connectivity index (χ1v) is 9.13.